The second-order valence-electron chi connectivity index (χ2n) is 3.64. The van der Waals surface area contributed by atoms with Gasteiger partial charge in [0.1, 0.15) is 0 Å². The Bertz CT molecular complexity index is 462. The topological polar surface area (TPSA) is 51.2 Å². The highest BCUT2D eigenvalue weighted by Gasteiger charge is 2.12. The largest absolute Gasteiger partial charge is 0.387 e. The third-order valence-corrected chi connectivity index (χ3v) is 2.74. The number of aryl methyl sites for hydroxylation is 1. The summed E-state index contributed by atoms with van der Waals surface area (Å²) in [5.41, 5.74) is 7.57. The average molecular weight is 204 g/mol. The molecule has 15 heavy (non-hydrogen) atoms. The van der Waals surface area contributed by atoms with Crippen LogP contribution in [0.4, 0.5) is 0 Å². The Hall–Kier alpha value is -1.32. The molecule has 1 atom stereocenters. The van der Waals surface area contributed by atoms with Crippen molar-refractivity contribution in [3.05, 3.63) is 36.0 Å². The molecule has 0 aliphatic rings. The number of rotatable bonds is 3. The van der Waals surface area contributed by atoms with Crippen molar-refractivity contribution in [1.82, 2.24) is 4.57 Å². The minimum atomic E-state index is -0.567. The smallest absolute Gasteiger partial charge is 0.0932 e. The van der Waals surface area contributed by atoms with E-state index in [1.807, 2.05) is 24.4 Å². The Balaban J connectivity index is 2.65. The molecule has 0 radical (unpaired) electrons. The van der Waals surface area contributed by atoms with E-state index in [1.165, 1.54) is 0 Å². The summed E-state index contributed by atoms with van der Waals surface area (Å²) in [4.78, 5) is 0. The number of nitrogens with two attached hydrogens (primary N) is 1. The highest BCUT2D eigenvalue weighted by atomic mass is 16.3. The van der Waals surface area contributed by atoms with Gasteiger partial charge in [0.25, 0.3) is 0 Å². The van der Waals surface area contributed by atoms with E-state index < -0.39 is 6.10 Å². The summed E-state index contributed by atoms with van der Waals surface area (Å²) < 4.78 is 2.13. The maximum Gasteiger partial charge on any atom is 0.0932 e. The molecule has 0 spiro atoms. The molecule has 0 saturated carbocycles. The van der Waals surface area contributed by atoms with Crippen LogP contribution in [0.3, 0.4) is 0 Å². The Morgan fingerprint density at radius 2 is 2.13 bits per heavy atom. The van der Waals surface area contributed by atoms with Crippen molar-refractivity contribution in [1.29, 1.82) is 0 Å². The lowest BCUT2D eigenvalue weighted by Gasteiger charge is -2.04. The van der Waals surface area contributed by atoms with E-state index in [9.17, 15) is 5.11 Å². The Morgan fingerprint density at radius 3 is 2.80 bits per heavy atom. The number of para-hydroxylation sites is 1. The summed E-state index contributed by atoms with van der Waals surface area (Å²) in [7, 11) is 0. The van der Waals surface area contributed by atoms with Crippen LogP contribution in [-0.2, 0) is 6.54 Å². The summed E-state index contributed by atoms with van der Waals surface area (Å²) >= 11 is 0. The lowest BCUT2D eigenvalue weighted by Crippen LogP contribution is -2.11. The van der Waals surface area contributed by atoms with E-state index in [1.54, 1.807) is 0 Å². The van der Waals surface area contributed by atoms with Gasteiger partial charge in [0.2, 0.25) is 0 Å². The highest BCUT2D eigenvalue weighted by molar-refractivity contribution is 5.84. The van der Waals surface area contributed by atoms with Crippen molar-refractivity contribution in [2.75, 3.05) is 6.54 Å². The van der Waals surface area contributed by atoms with E-state index in [4.69, 9.17) is 5.73 Å². The molecule has 1 aromatic carbocycles. The highest BCUT2D eigenvalue weighted by Crippen LogP contribution is 2.25. The van der Waals surface area contributed by atoms with Gasteiger partial charge in [-0.3, -0.25) is 0 Å². The third-order valence-electron chi connectivity index (χ3n) is 2.74. The van der Waals surface area contributed by atoms with E-state index in [0.717, 1.165) is 23.0 Å². The van der Waals surface area contributed by atoms with Crippen LogP contribution >= 0.6 is 0 Å². The van der Waals surface area contributed by atoms with Crippen molar-refractivity contribution < 1.29 is 5.11 Å². The van der Waals surface area contributed by atoms with Gasteiger partial charge in [-0.05, 0) is 13.0 Å². The molecule has 3 nitrogen and oxygen atoms in total. The van der Waals surface area contributed by atoms with Crippen LogP contribution in [0.2, 0.25) is 0 Å². The van der Waals surface area contributed by atoms with Crippen LogP contribution in [-0.4, -0.2) is 16.2 Å². The number of benzene rings is 1. The van der Waals surface area contributed by atoms with Gasteiger partial charge in [-0.1, -0.05) is 18.2 Å². The van der Waals surface area contributed by atoms with Gasteiger partial charge in [-0.2, -0.15) is 0 Å². The molecule has 2 rings (SSSR count). The SMILES string of the molecule is CCn1cc(C(O)CN)c2ccccc21. The van der Waals surface area contributed by atoms with Crippen molar-refractivity contribution >= 4 is 10.9 Å². The molecular weight excluding hydrogens is 188 g/mol. The van der Waals surface area contributed by atoms with E-state index in [0.29, 0.717) is 0 Å². The predicted octanol–water partition coefficient (Wildman–Crippen LogP) is 1.65. The molecule has 0 aliphatic heterocycles. The molecule has 3 N–H and O–H groups in total. The van der Waals surface area contributed by atoms with Crippen LogP contribution in [0.15, 0.2) is 30.5 Å². The molecule has 2 aromatic rings. The molecule has 1 heterocycles. The van der Waals surface area contributed by atoms with Crippen molar-refractivity contribution in [2.45, 2.75) is 19.6 Å². The zero-order valence-electron chi connectivity index (χ0n) is 8.85. The van der Waals surface area contributed by atoms with Crippen molar-refractivity contribution in [2.24, 2.45) is 5.73 Å². The second kappa shape index (κ2) is 4.04. The van der Waals surface area contributed by atoms with Crippen LogP contribution in [0.25, 0.3) is 10.9 Å². The zero-order valence-corrected chi connectivity index (χ0v) is 8.85. The second-order valence-corrected chi connectivity index (χ2v) is 3.64. The lowest BCUT2D eigenvalue weighted by atomic mass is 10.1. The molecular formula is C12H16N2O. The zero-order chi connectivity index (χ0) is 10.8. The normalized spacial score (nSPS) is 13.3. The molecule has 0 saturated heterocycles. The molecule has 0 bridgehead atoms. The number of aliphatic hydroxyl groups excluding tert-OH is 1. The molecule has 80 valence electrons. The van der Waals surface area contributed by atoms with Crippen molar-refractivity contribution in [3.8, 4) is 0 Å². The molecule has 3 heteroatoms. The minimum Gasteiger partial charge on any atom is -0.387 e. The Labute approximate surface area is 89.1 Å². The van der Waals surface area contributed by atoms with Gasteiger partial charge >= 0.3 is 0 Å². The first-order valence-electron chi connectivity index (χ1n) is 5.23. The summed E-state index contributed by atoms with van der Waals surface area (Å²) in [5, 5.41) is 10.9. The molecule has 1 unspecified atom stereocenters. The number of hydrogen-bond donors (Lipinski definition) is 2. The van der Waals surface area contributed by atoms with Gasteiger partial charge in [0.15, 0.2) is 0 Å². The van der Waals surface area contributed by atoms with Crippen molar-refractivity contribution in [3.63, 3.8) is 0 Å². The Morgan fingerprint density at radius 1 is 1.40 bits per heavy atom. The number of aromatic nitrogens is 1. The summed E-state index contributed by atoms with van der Waals surface area (Å²) in [6.07, 6.45) is 1.42. The van der Waals surface area contributed by atoms with E-state index in [2.05, 4.69) is 17.6 Å². The van der Waals surface area contributed by atoms with Crippen LogP contribution < -0.4 is 5.73 Å². The monoisotopic (exact) mass is 204 g/mol. The van der Waals surface area contributed by atoms with E-state index >= 15 is 0 Å². The predicted molar refractivity (Wildman–Crippen MR) is 61.6 cm³/mol. The lowest BCUT2D eigenvalue weighted by molar-refractivity contribution is 0.188. The van der Waals surface area contributed by atoms with Gasteiger partial charge in [-0.15, -0.1) is 0 Å². The fraction of sp³-hybridized carbons (Fsp3) is 0.333. The summed E-state index contributed by atoms with van der Waals surface area (Å²) in [6.45, 7) is 3.25. The molecule has 0 fully saturated rings. The maximum atomic E-state index is 9.80. The van der Waals surface area contributed by atoms with Gasteiger partial charge in [-0.25, -0.2) is 0 Å². The first kappa shape index (κ1) is 10.2. The summed E-state index contributed by atoms with van der Waals surface area (Å²) in [5.74, 6) is 0. The standard InChI is InChI=1S/C12H16N2O/c1-2-14-8-10(12(15)7-13)9-5-3-4-6-11(9)14/h3-6,8,12,15H,2,7,13H2,1H3. The third kappa shape index (κ3) is 1.64. The minimum absolute atomic E-state index is 0.262. The fourth-order valence-corrected chi connectivity index (χ4v) is 1.93. The van der Waals surface area contributed by atoms with Crippen LogP contribution in [0, 0.1) is 0 Å². The Kier molecular flexibility index (Phi) is 2.75. The van der Waals surface area contributed by atoms with Gasteiger partial charge in [0, 0.05) is 35.8 Å². The quantitative estimate of drug-likeness (QED) is 0.798. The van der Waals surface area contributed by atoms with E-state index in [-0.39, 0.29) is 6.54 Å². The number of hydrogen-bond acceptors (Lipinski definition) is 2. The number of fused-ring (bicyclic) bond motifs is 1. The maximum absolute atomic E-state index is 9.80. The number of aliphatic hydroxyl groups is 1. The summed E-state index contributed by atoms with van der Waals surface area (Å²) in [6, 6.07) is 8.07. The van der Waals surface area contributed by atoms with Gasteiger partial charge < -0.3 is 15.4 Å². The van der Waals surface area contributed by atoms with Crippen LogP contribution in [0.5, 0.6) is 0 Å². The first-order chi connectivity index (χ1) is 7.27. The number of nitrogens with zero attached hydrogens (tertiary/aromatic N) is 1. The molecule has 0 aliphatic carbocycles. The van der Waals surface area contributed by atoms with Crippen LogP contribution in [0.1, 0.15) is 18.6 Å². The average Bonchev–Trinajstić information content (AvgIpc) is 2.67. The van der Waals surface area contributed by atoms with Gasteiger partial charge in [0.05, 0.1) is 6.10 Å². The fourth-order valence-electron chi connectivity index (χ4n) is 1.93. The molecule has 0 amide bonds. The first-order valence-corrected chi connectivity index (χ1v) is 5.23. The molecule has 1 aromatic heterocycles.